The van der Waals surface area contributed by atoms with Gasteiger partial charge in [0.15, 0.2) is 0 Å². The predicted octanol–water partition coefficient (Wildman–Crippen LogP) is 1.84. The Hall–Kier alpha value is -1.41. The number of rotatable bonds is 1. The van der Waals surface area contributed by atoms with Crippen LogP contribution in [0.5, 0.6) is 0 Å². The van der Waals surface area contributed by atoms with Crippen LogP contribution in [0.3, 0.4) is 0 Å². The van der Waals surface area contributed by atoms with Crippen molar-refractivity contribution in [3.05, 3.63) is 32.7 Å². The Morgan fingerprint density at radius 3 is 2.69 bits per heavy atom. The number of pyridine rings is 1. The molecule has 0 aromatic carbocycles. The van der Waals surface area contributed by atoms with Gasteiger partial charge in [-0.2, -0.15) is 5.26 Å². The summed E-state index contributed by atoms with van der Waals surface area (Å²) in [5, 5.41) is 8.19. The lowest BCUT2D eigenvalue weighted by molar-refractivity contribution is 0.149. The summed E-state index contributed by atoms with van der Waals surface area (Å²) in [5.74, 6) is 0. The van der Waals surface area contributed by atoms with Crippen LogP contribution >= 0.6 is 11.6 Å². The van der Waals surface area contributed by atoms with Gasteiger partial charge in [0.2, 0.25) is 0 Å². The molecule has 13 heavy (non-hydrogen) atoms. The lowest BCUT2D eigenvalue weighted by atomic mass is 10.2. The highest BCUT2D eigenvalue weighted by atomic mass is 35.5. The summed E-state index contributed by atoms with van der Waals surface area (Å²) < 4.78 is 24.2. The molecular formula is C7H3ClF2N2O. The Kier molecular flexibility index (Phi) is 2.63. The molecule has 0 saturated carbocycles. The summed E-state index contributed by atoms with van der Waals surface area (Å²) in [6.07, 6.45) is -2.91. The first-order valence-electron chi connectivity index (χ1n) is 3.17. The van der Waals surface area contributed by atoms with Gasteiger partial charge < -0.3 is 4.98 Å². The van der Waals surface area contributed by atoms with E-state index in [1.54, 1.807) is 6.07 Å². The van der Waals surface area contributed by atoms with Gasteiger partial charge in [0.25, 0.3) is 12.0 Å². The number of aromatic amines is 1. The van der Waals surface area contributed by atoms with Crippen LogP contribution in [0, 0.1) is 11.3 Å². The molecule has 0 aliphatic rings. The summed E-state index contributed by atoms with van der Waals surface area (Å²) >= 11 is 5.38. The molecule has 1 N–H and O–H groups in total. The van der Waals surface area contributed by atoms with Gasteiger partial charge in [-0.1, -0.05) is 11.6 Å². The third-order valence-electron chi connectivity index (χ3n) is 1.38. The number of hydrogen-bond acceptors (Lipinski definition) is 2. The molecule has 0 amide bonds. The van der Waals surface area contributed by atoms with E-state index >= 15 is 0 Å². The molecule has 0 aliphatic carbocycles. The zero-order valence-corrected chi connectivity index (χ0v) is 6.90. The largest absolute Gasteiger partial charge is 0.311 e. The zero-order chi connectivity index (χ0) is 10.0. The molecule has 1 heterocycles. The molecule has 0 fully saturated rings. The SMILES string of the molecule is N#Cc1cc(C(F)F)c(=O)[nH]c1Cl. The van der Waals surface area contributed by atoms with Gasteiger partial charge in [-0.25, -0.2) is 8.78 Å². The number of hydrogen-bond donors (Lipinski definition) is 1. The van der Waals surface area contributed by atoms with Crippen LogP contribution in [-0.2, 0) is 0 Å². The molecule has 0 radical (unpaired) electrons. The molecular weight excluding hydrogens is 202 g/mol. The molecule has 3 nitrogen and oxygen atoms in total. The Morgan fingerprint density at radius 2 is 2.23 bits per heavy atom. The van der Waals surface area contributed by atoms with E-state index < -0.39 is 17.5 Å². The summed E-state index contributed by atoms with van der Waals surface area (Å²) in [4.78, 5) is 12.8. The highest BCUT2D eigenvalue weighted by Crippen LogP contribution is 2.18. The average molecular weight is 205 g/mol. The van der Waals surface area contributed by atoms with Crippen molar-refractivity contribution in [3.8, 4) is 6.07 Å². The Balaban J connectivity index is 3.42. The van der Waals surface area contributed by atoms with Crippen molar-refractivity contribution in [2.75, 3.05) is 0 Å². The van der Waals surface area contributed by atoms with Crippen molar-refractivity contribution >= 4 is 11.6 Å². The summed E-state index contributed by atoms with van der Waals surface area (Å²) in [6.45, 7) is 0. The fraction of sp³-hybridized carbons (Fsp3) is 0.143. The molecule has 0 saturated heterocycles. The fourth-order valence-electron chi connectivity index (χ4n) is 0.767. The first-order chi connectivity index (χ1) is 6.06. The highest BCUT2D eigenvalue weighted by molar-refractivity contribution is 6.30. The number of nitriles is 1. The Bertz CT molecular complexity index is 421. The minimum atomic E-state index is -2.91. The van der Waals surface area contributed by atoms with Gasteiger partial charge >= 0.3 is 0 Å². The standard InChI is InChI=1S/C7H3ClF2N2O/c8-5-3(2-11)1-4(6(9)10)7(13)12-5/h1,6H,(H,12,13). The maximum absolute atomic E-state index is 12.1. The normalized spacial score (nSPS) is 10.1. The highest BCUT2D eigenvalue weighted by Gasteiger charge is 2.14. The second-order valence-electron chi connectivity index (χ2n) is 2.19. The van der Waals surface area contributed by atoms with Gasteiger partial charge in [-0.3, -0.25) is 4.79 Å². The minimum absolute atomic E-state index is 0.170. The number of nitrogens with one attached hydrogen (secondary N) is 1. The third-order valence-corrected chi connectivity index (χ3v) is 1.68. The lowest BCUT2D eigenvalue weighted by Gasteiger charge is -1.99. The van der Waals surface area contributed by atoms with Gasteiger partial charge in [0.1, 0.15) is 11.2 Å². The molecule has 0 bridgehead atoms. The Morgan fingerprint density at radius 1 is 1.62 bits per heavy atom. The van der Waals surface area contributed by atoms with Gasteiger partial charge in [0.05, 0.1) is 11.1 Å². The molecule has 6 heteroatoms. The molecule has 1 aromatic heterocycles. The van der Waals surface area contributed by atoms with Crippen LogP contribution in [-0.4, -0.2) is 4.98 Å². The van der Waals surface area contributed by atoms with E-state index in [-0.39, 0.29) is 10.7 Å². The average Bonchev–Trinajstić information content (AvgIpc) is 2.03. The molecule has 0 unspecified atom stereocenters. The maximum Gasteiger partial charge on any atom is 0.269 e. The van der Waals surface area contributed by atoms with Crippen LogP contribution in [0.4, 0.5) is 8.78 Å². The first-order valence-corrected chi connectivity index (χ1v) is 3.55. The smallest absolute Gasteiger partial charge is 0.269 e. The van der Waals surface area contributed by atoms with Crippen LogP contribution in [0.2, 0.25) is 5.15 Å². The number of H-pyrrole nitrogens is 1. The van der Waals surface area contributed by atoms with Crippen LogP contribution < -0.4 is 5.56 Å². The second-order valence-corrected chi connectivity index (χ2v) is 2.57. The lowest BCUT2D eigenvalue weighted by Crippen LogP contribution is -2.13. The molecule has 0 spiro atoms. The molecule has 68 valence electrons. The number of nitrogens with zero attached hydrogens (tertiary/aromatic N) is 1. The van der Waals surface area contributed by atoms with E-state index in [0.717, 1.165) is 6.07 Å². The zero-order valence-electron chi connectivity index (χ0n) is 6.14. The van der Waals surface area contributed by atoms with Gasteiger partial charge in [0, 0.05) is 0 Å². The maximum atomic E-state index is 12.1. The van der Waals surface area contributed by atoms with Crippen molar-refractivity contribution in [1.29, 1.82) is 5.26 Å². The summed E-state index contributed by atoms with van der Waals surface area (Å²) in [6, 6.07) is 2.37. The minimum Gasteiger partial charge on any atom is -0.311 e. The Labute approximate surface area is 76.6 Å². The number of halogens is 3. The molecule has 0 atom stereocenters. The number of alkyl halides is 2. The van der Waals surface area contributed by atoms with E-state index in [0.29, 0.717) is 0 Å². The fourth-order valence-corrected chi connectivity index (χ4v) is 0.950. The first kappa shape index (κ1) is 9.68. The van der Waals surface area contributed by atoms with Crippen molar-refractivity contribution in [2.45, 2.75) is 6.43 Å². The third kappa shape index (κ3) is 1.84. The van der Waals surface area contributed by atoms with E-state index in [1.807, 2.05) is 4.98 Å². The van der Waals surface area contributed by atoms with E-state index in [2.05, 4.69) is 0 Å². The van der Waals surface area contributed by atoms with Crippen molar-refractivity contribution < 1.29 is 8.78 Å². The molecule has 1 rings (SSSR count). The van der Waals surface area contributed by atoms with E-state index in [1.165, 1.54) is 0 Å². The monoisotopic (exact) mass is 204 g/mol. The summed E-state index contributed by atoms with van der Waals surface area (Å²) in [7, 11) is 0. The molecule has 1 aromatic rings. The topological polar surface area (TPSA) is 56.6 Å². The number of aromatic nitrogens is 1. The summed E-state index contributed by atoms with van der Waals surface area (Å²) in [5.41, 5.74) is -1.89. The van der Waals surface area contributed by atoms with Crippen molar-refractivity contribution in [3.63, 3.8) is 0 Å². The quantitative estimate of drug-likeness (QED) is 0.710. The van der Waals surface area contributed by atoms with Gasteiger partial charge in [-0.05, 0) is 6.07 Å². The van der Waals surface area contributed by atoms with Crippen molar-refractivity contribution in [1.82, 2.24) is 4.98 Å². The van der Waals surface area contributed by atoms with Gasteiger partial charge in [-0.15, -0.1) is 0 Å². The van der Waals surface area contributed by atoms with Crippen LogP contribution in [0.15, 0.2) is 10.9 Å². The van der Waals surface area contributed by atoms with E-state index in [9.17, 15) is 13.6 Å². The van der Waals surface area contributed by atoms with E-state index in [4.69, 9.17) is 16.9 Å². The predicted molar refractivity (Wildman–Crippen MR) is 41.7 cm³/mol. The molecule has 0 aliphatic heterocycles. The van der Waals surface area contributed by atoms with Crippen LogP contribution in [0.1, 0.15) is 17.6 Å². The van der Waals surface area contributed by atoms with Crippen LogP contribution in [0.25, 0.3) is 0 Å². The second kappa shape index (κ2) is 3.54. The van der Waals surface area contributed by atoms with Crippen molar-refractivity contribution in [2.24, 2.45) is 0 Å².